The summed E-state index contributed by atoms with van der Waals surface area (Å²) < 4.78 is 45.5. The number of piperidine rings is 1. The fourth-order valence-corrected chi connectivity index (χ4v) is 4.67. The summed E-state index contributed by atoms with van der Waals surface area (Å²) in [5.41, 5.74) is -0.477. The summed E-state index contributed by atoms with van der Waals surface area (Å²) in [5, 5.41) is 5.22. The topological polar surface area (TPSA) is 88.3 Å². The zero-order valence-electron chi connectivity index (χ0n) is 16.1. The number of carbonyl (C=O) groups is 2. The molecule has 31 heavy (non-hydrogen) atoms. The Bertz CT molecular complexity index is 1090. The predicted octanol–water partition coefficient (Wildman–Crippen LogP) is 4.76. The monoisotopic (exact) mass is 472 g/mol. The van der Waals surface area contributed by atoms with Crippen molar-refractivity contribution in [3.05, 3.63) is 44.9 Å². The van der Waals surface area contributed by atoms with Crippen LogP contribution >= 0.6 is 23.4 Å². The molecule has 2 aromatic rings. The van der Waals surface area contributed by atoms with Crippen LogP contribution in [0.1, 0.15) is 41.6 Å². The highest BCUT2D eigenvalue weighted by Gasteiger charge is 2.35. The lowest BCUT2D eigenvalue weighted by Crippen LogP contribution is -2.35. The predicted molar refractivity (Wildman–Crippen MR) is 109 cm³/mol. The normalized spacial score (nSPS) is 21.1. The summed E-state index contributed by atoms with van der Waals surface area (Å²) in [6, 6.07) is 1.80. The van der Waals surface area contributed by atoms with Crippen molar-refractivity contribution in [3.63, 3.8) is 0 Å². The van der Waals surface area contributed by atoms with E-state index in [1.807, 2.05) is 4.90 Å². The number of aromatic nitrogens is 2. The number of nitrogens with zero attached hydrogens (tertiary/aromatic N) is 3. The molecule has 12 heteroatoms. The molecule has 2 saturated heterocycles. The third kappa shape index (κ3) is 4.57. The summed E-state index contributed by atoms with van der Waals surface area (Å²) in [6.07, 6.45) is -1.85. The highest BCUT2D eigenvalue weighted by Crippen LogP contribution is 2.42. The van der Waals surface area contributed by atoms with Crippen LogP contribution in [0.5, 0.6) is 0 Å². The largest absolute Gasteiger partial charge is 0.416 e. The van der Waals surface area contributed by atoms with Gasteiger partial charge in [0, 0.05) is 18.7 Å². The van der Waals surface area contributed by atoms with E-state index in [9.17, 15) is 22.8 Å². The molecule has 0 bridgehead atoms. The Morgan fingerprint density at radius 1 is 1.35 bits per heavy atom. The van der Waals surface area contributed by atoms with E-state index < -0.39 is 22.9 Å². The molecule has 1 aromatic carbocycles. The van der Waals surface area contributed by atoms with Gasteiger partial charge in [0.1, 0.15) is 0 Å². The summed E-state index contributed by atoms with van der Waals surface area (Å²) >= 11 is 6.95. The van der Waals surface area contributed by atoms with E-state index in [0.29, 0.717) is 42.3 Å². The van der Waals surface area contributed by atoms with Crippen LogP contribution in [0.25, 0.3) is 6.08 Å². The molecule has 0 radical (unpaired) electrons. The number of carbonyl (C=O) groups excluding carboxylic acids is 2. The van der Waals surface area contributed by atoms with E-state index in [4.69, 9.17) is 16.1 Å². The van der Waals surface area contributed by atoms with Crippen LogP contribution in [0.2, 0.25) is 5.02 Å². The minimum atomic E-state index is -4.62. The zero-order valence-corrected chi connectivity index (χ0v) is 17.7. The average Bonchev–Trinajstić information content (AvgIpc) is 3.25. The molecule has 7 nitrogen and oxygen atoms in total. The number of nitrogens with one attached hydrogen (secondary N) is 1. The molecular formula is C19H16ClF3N4O3S. The number of aryl methyl sites for hydroxylation is 1. The number of anilines is 1. The van der Waals surface area contributed by atoms with Crippen molar-refractivity contribution in [2.75, 3.05) is 18.0 Å². The third-order valence-electron chi connectivity index (χ3n) is 4.98. The first-order chi connectivity index (χ1) is 14.6. The molecule has 2 fully saturated rings. The Hall–Kier alpha value is -2.53. The van der Waals surface area contributed by atoms with Gasteiger partial charge in [-0.1, -0.05) is 16.8 Å². The Balaban J connectivity index is 1.76. The van der Waals surface area contributed by atoms with Gasteiger partial charge in [-0.15, -0.1) is 0 Å². The SMILES string of the molecule is Cc1noc(C2CCCN(c3c(Cl)cc(C(F)(F)F)cc3C=C3SC(=O)NC3=O)C2)n1. The molecule has 1 N–H and O–H groups in total. The Morgan fingerprint density at radius 3 is 2.74 bits per heavy atom. The first-order valence-corrected chi connectivity index (χ1v) is 10.5. The molecule has 0 aliphatic carbocycles. The van der Waals surface area contributed by atoms with E-state index in [-0.39, 0.29) is 21.4 Å². The van der Waals surface area contributed by atoms with Gasteiger partial charge in [0.05, 0.1) is 27.1 Å². The molecule has 2 aliphatic rings. The number of hydrogen-bond donors (Lipinski definition) is 1. The highest BCUT2D eigenvalue weighted by molar-refractivity contribution is 8.18. The number of benzene rings is 1. The van der Waals surface area contributed by atoms with Crippen LogP contribution in [-0.4, -0.2) is 34.4 Å². The first-order valence-electron chi connectivity index (χ1n) is 9.32. The summed E-state index contributed by atoms with van der Waals surface area (Å²) in [6.45, 7) is 2.65. The van der Waals surface area contributed by atoms with Crippen LogP contribution in [0.15, 0.2) is 21.6 Å². The molecule has 164 valence electrons. The molecule has 1 aromatic heterocycles. The average molecular weight is 473 g/mol. The van der Waals surface area contributed by atoms with E-state index in [1.165, 1.54) is 6.08 Å². The Kier molecular flexibility index (Phi) is 5.73. The van der Waals surface area contributed by atoms with Gasteiger partial charge in [-0.05, 0) is 49.7 Å². The van der Waals surface area contributed by atoms with Crippen LogP contribution < -0.4 is 10.2 Å². The smallest absolute Gasteiger partial charge is 0.369 e. The quantitative estimate of drug-likeness (QED) is 0.644. The van der Waals surface area contributed by atoms with Crippen molar-refractivity contribution in [2.45, 2.75) is 31.9 Å². The van der Waals surface area contributed by atoms with Crippen molar-refractivity contribution in [3.8, 4) is 0 Å². The maximum absolute atomic E-state index is 13.4. The fraction of sp³-hybridized carbons (Fsp3) is 0.368. The van der Waals surface area contributed by atoms with Gasteiger partial charge in [0.25, 0.3) is 11.1 Å². The second-order valence-corrected chi connectivity index (χ2v) is 8.63. The standard InChI is InChI=1S/C19H16ClF3N4O3S/c1-9-24-17(30-26-9)10-3-2-4-27(8-10)15-11(6-14-16(28)25-18(29)31-14)5-12(7-13(15)20)19(21,22)23/h5-7,10H,2-4,8H2,1H3,(H,25,28,29). The lowest BCUT2D eigenvalue weighted by molar-refractivity contribution is -0.137. The van der Waals surface area contributed by atoms with Gasteiger partial charge in [0.2, 0.25) is 5.89 Å². The van der Waals surface area contributed by atoms with E-state index in [1.54, 1.807) is 6.92 Å². The van der Waals surface area contributed by atoms with Crippen molar-refractivity contribution in [1.82, 2.24) is 15.5 Å². The molecule has 4 rings (SSSR count). The van der Waals surface area contributed by atoms with Crippen LogP contribution in [0, 0.1) is 6.92 Å². The molecule has 1 unspecified atom stereocenters. The Labute approximate surface area is 184 Å². The third-order valence-corrected chi connectivity index (χ3v) is 6.08. The van der Waals surface area contributed by atoms with Crippen molar-refractivity contribution in [2.24, 2.45) is 0 Å². The number of hydrogen-bond acceptors (Lipinski definition) is 7. The molecule has 3 heterocycles. The van der Waals surface area contributed by atoms with Crippen LogP contribution in [-0.2, 0) is 11.0 Å². The number of thioether (sulfide) groups is 1. The van der Waals surface area contributed by atoms with Crippen molar-refractivity contribution >= 4 is 46.3 Å². The molecular weight excluding hydrogens is 457 g/mol. The van der Waals surface area contributed by atoms with Crippen LogP contribution in [0.4, 0.5) is 23.7 Å². The van der Waals surface area contributed by atoms with E-state index in [0.717, 1.165) is 25.0 Å². The lowest BCUT2D eigenvalue weighted by atomic mass is 9.96. The van der Waals surface area contributed by atoms with Crippen molar-refractivity contribution in [1.29, 1.82) is 0 Å². The number of alkyl halides is 3. The van der Waals surface area contributed by atoms with E-state index in [2.05, 4.69) is 15.5 Å². The number of amides is 2. The van der Waals surface area contributed by atoms with E-state index >= 15 is 0 Å². The highest BCUT2D eigenvalue weighted by atomic mass is 35.5. The summed E-state index contributed by atoms with van der Waals surface area (Å²) in [5.74, 6) is 0.187. The van der Waals surface area contributed by atoms with Crippen molar-refractivity contribution < 1.29 is 27.3 Å². The van der Waals surface area contributed by atoms with Gasteiger partial charge in [-0.2, -0.15) is 18.2 Å². The molecule has 2 amide bonds. The second kappa shape index (κ2) is 8.19. The van der Waals surface area contributed by atoms with Gasteiger partial charge in [-0.25, -0.2) is 0 Å². The number of rotatable bonds is 3. The molecule has 2 aliphatic heterocycles. The fourth-order valence-electron chi connectivity index (χ4n) is 3.65. The van der Waals surface area contributed by atoms with Crippen LogP contribution in [0.3, 0.4) is 0 Å². The number of imide groups is 1. The molecule has 0 spiro atoms. The summed E-state index contributed by atoms with van der Waals surface area (Å²) in [7, 11) is 0. The van der Waals surface area contributed by atoms with Gasteiger partial charge < -0.3 is 9.42 Å². The Morgan fingerprint density at radius 2 is 2.13 bits per heavy atom. The first kappa shape index (κ1) is 21.7. The van der Waals surface area contributed by atoms with Gasteiger partial charge >= 0.3 is 6.18 Å². The minimum absolute atomic E-state index is 0.00252. The minimum Gasteiger partial charge on any atom is -0.369 e. The zero-order chi connectivity index (χ0) is 22.3. The lowest BCUT2D eigenvalue weighted by Gasteiger charge is -2.34. The maximum Gasteiger partial charge on any atom is 0.416 e. The van der Waals surface area contributed by atoms with Gasteiger partial charge in [0.15, 0.2) is 5.82 Å². The summed E-state index contributed by atoms with van der Waals surface area (Å²) in [4.78, 5) is 29.6. The molecule has 1 atom stereocenters. The second-order valence-electron chi connectivity index (χ2n) is 7.21. The van der Waals surface area contributed by atoms with Gasteiger partial charge in [-0.3, -0.25) is 14.9 Å². The molecule has 0 saturated carbocycles. The number of halogens is 4. The maximum atomic E-state index is 13.4.